The minimum atomic E-state index is -1.75. The fourth-order valence-corrected chi connectivity index (χ4v) is 6.33. The molecular weight excluding hydrogens is 726 g/mol. The third-order valence-electron chi connectivity index (χ3n) is 8.89. The van der Waals surface area contributed by atoms with Crippen molar-refractivity contribution >= 4 is 17.7 Å². The van der Waals surface area contributed by atoms with E-state index in [2.05, 4.69) is 0 Å². The van der Waals surface area contributed by atoms with Crippen LogP contribution in [-0.2, 0) is 9.53 Å². The van der Waals surface area contributed by atoms with Crippen molar-refractivity contribution in [1.29, 1.82) is 0 Å². The molecule has 13 nitrogen and oxygen atoms in total. The van der Waals surface area contributed by atoms with Gasteiger partial charge in [0.15, 0.2) is 47.4 Å². The van der Waals surface area contributed by atoms with E-state index in [1.54, 1.807) is 0 Å². The molecule has 0 saturated heterocycles. The van der Waals surface area contributed by atoms with Crippen molar-refractivity contribution in [3.8, 4) is 57.1 Å². The van der Waals surface area contributed by atoms with Gasteiger partial charge in [0.2, 0.25) is 5.78 Å². The number of phenols is 3. The molecule has 282 valence electrons. The first kappa shape index (κ1) is 36.5. The number of phenolic OH excluding ortho intramolecular Hbond substituents is 3. The number of ether oxygens (including phenoxy) is 6. The van der Waals surface area contributed by atoms with E-state index in [-0.39, 0.29) is 68.1 Å². The van der Waals surface area contributed by atoms with Gasteiger partial charge in [0, 0.05) is 36.2 Å². The Hall–Kier alpha value is -6.87. The van der Waals surface area contributed by atoms with Crippen LogP contribution in [0.15, 0.2) is 84.9 Å². The number of esters is 2. The molecule has 0 aliphatic carbocycles. The highest BCUT2D eigenvalue weighted by molar-refractivity contribution is 6.05. The Kier molecular flexibility index (Phi) is 9.63. The molecule has 15 heteroatoms. The van der Waals surface area contributed by atoms with Gasteiger partial charge in [-0.2, -0.15) is 0 Å². The lowest BCUT2D eigenvalue weighted by Gasteiger charge is -2.35. The van der Waals surface area contributed by atoms with Gasteiger partial charge in [0.25, 0.3) is 0 Å². The number of methoxy groups -OCH3 is 1. The summed E-state index contributed by atoms with van der Waals surface area (Å²) in [5.74, 6) is -5.30. The SMILES string of the molecule is COc1cc(C2Oc3cc([C@@H]4Oc5cc(O)cc(O)c5C(=O)C4O)ccc3O[C@H]2COC(=O)c2cc(-c3ccc(F)cc3F)ccc2OC(C)=O)ccc1O. The molecule has 2 heterocycles. The van der Waals surface area contributed by atoms with Crippen LogP contribution in [0.4, 0.5) is 8.78 Å². The average Bonchev–Trinajstić information content (AvgIpc) is 3.14. The molecule has 2 aliphatic rings. The van der Waals surface area contributed by atoms with Crippen molar-refractivity contribution in [3.63, 3.8) is 0 Å². The number of hydrogen-bond donors (Lipinski definition) is 4. The molecule has 0 aromatic heterocycles. The summed E-state index contributed by atoms with van der Waals surface area (Å²) in [5, 5.41) is 41.4. The standard InChI is InChI=1S/C40H30F2O13/c1-18(43)52-29-9-4-19(24-7-6-22(41)14-26(24)42)11-25(29)40(49)51-17-34-38(20-3-8-27(45)31(12-20)50-2)54-32-13-21(5-10-30(32)53-34)39-37(48)36(47)35-28(46)15-23(44)16-33(35)55-39/h3-16,34,37-39,44-46,48H,17H2,1-2H3/t34-,37?,38?,39-/m0/s1. The van der Waals surface area contributed by atoms with Gasteiger partial charge >= 0.3 is 11.9 Å². The molecule has 2 unspecified atom stereocenters. The third-order valence-corrected chi connectivity index (χ3v) is 8.89. The second-order valence-electron chi connectivity index (χ2n) is 12.5. The Bertz CT molecular complexity index is 2360. The number of Topliss-reactive ketones (excluding diaryl/α,β-unsaturated/α-hetero) is 1. The van der Waals surface area contributed by atoms with Crippen molar-refractivity contribution in [2.24, 2.45) is 0 Å². The van der Waals surface area contributed by atoms with E-state index in [1.165, 1.54) is 67.8 Å². The summed E-state index contributed by atoms with van der Waals surface area (Å²) in [4.78, 5) is 38.6. The number of fused-ring (bicyclic) bond motifs is 2. The third kappa shape index (κ3) is 7.12. The van der Waals surface area contributed by atoms with Crippen LogP contribution in [0.25, 0.3) is 11.1 Å². The number of rotatable bonds is 8. The number of carbonyl (C=O) groups excluding carboxylic acids is 3. The van der Waals surface area contributed by atoms with Crippen LogP contribution < -0.4 is 23.7 Å². The Morgan fingerprint density at radius 2 is 1.51 bits per heavy atom. The van der Waals surface area contributed by atoms with E-state index in [4.69, 9.17) is 28.4 Å². The molecule has 0 amide bonds. The summed E-state index contributed by atoms with van der Waals surface area (Å²) in [7, 11) is 1.35. The molecule has 0 saturated carbocycles. The predicted molar refractivity (Wildman–Crippen MR) is 186 cm³/mol. The smallest absolute Gasteiger partial charge is 0.342 e. The van der Waals surface area contributed by atoms with Gasteiger partial charge in [-0.15, -0.1) is 0 Å². The first-order valence-electron chi connectivity index (χ1n) is 16.6. The average molecular weight is 757 g/mol. The molecule has 5 aromatic rings. The molecule has 0 radical (unpaired) electrons. The zero-order valence-electron chi connectivity index (χ0n) is 28.8. The minimum absolute atomic E-state index is 0.0258. The van der Waals surface area contributed by atoms with Gasteiger partial charge in [-0.3, -0.25) is 9.59 Å². The second kappa shape index (κ2) is 14.5. The highest BCUT2D eigenvalue weighted by Gasteiger charge is 2.41. The summed E-state index contributed by atoms with van der Waals surface area (Å²) < 4.78 is 63.0. The molecular formula is C40H30F2O13. The second-order valence-corrected chi connectivity index (χ2v) is 12.5. The van der Waals surface area contributed by atoms with Crippen LogP contribution in [0.5, 0.6) is 46.0 Å². The first-order chi connectivity index (χ1) is 26.3. The lowest BCUT2D eigenvalue weighted by atomic mass is 9.92. The van der Waals surface area contributed by atoms with Gasteiger partial charge in [-0.1, -0.05) is 18.2 Å². The van der Waals surface area contributed by atoms with Gasteiger partial charge in [0.1, 0.15) is 52.4 Å². The van der Waals surface area contributed by atoms with Gasteiger partial charge < -0.3 is 48.8 Å². The van der Waals surface area contributed by atoms with Crippen molar-refractivity contribution in [3.05, 3.63) is 119 Å². The zero-order valence-corrected chi connectivity index (χ0v) is 28.8. The highest BCUT2D eigenvalue weighted by atomic mass is 19.1. The quantitative estimate of drug-likeness (QED) is 0.105. The number of benzene rings is 5. The van der Waals surface area contributed by atoms with E-state index in [9.17, 15) is 43.6 Å². The van der Waals surface area contributed by atoms with Crippen LogP contribution in [0, 0.1) is 11.6 Å². The monoisotopic (exact) mass is 756 g/mol. The molecule has 5 aromatic carbocycles. The number of aromatic hydroxyl groups is 3. The van der Waals surface area contributed by atoms with E-state index < -0.39 is 66.1 Å². The number of aliphatic hydroxyl groups excluding tert-OH is 1. The summed E-state index contributed by atoms with van der Waals surface area (Å²) in [5.41, 5.74) is 0.283. The number of aliphatic hydroxyl groups is 1. The topological polar surface area (TPSA) is 188 Å². The summed E-state index contributed by atoms with van der Waals surface area (Å²) in [6.45, 7) is 0.661. The normalized spacial score (nSPS) is 18.5. The summed E-state index contributed by atoms with van der Waals surface area (Å²) in [6, 6.07) is 17.7. The van der Waals surface area contributed by atoms with E-state index in [0.29, 0.717) is 11.6 Å². The lowest BCUT2D eigenvalue weighted by Crippen LogP contribution is -2.38. The van der Waals surface area contributed by atoms with Crippen LogP contribution in [0.2, 0.25) is 0 Å². The van der Waals surface area contributed by atoms with E-state index in [1.807, 2.05) is 0 Å². The Labute approximate surface area is 310 Å². The van der Waals surface area contributed by atoms with E-state index >= 15 is 0 Å². The highest BCUT2D eigenvalue weighted by Crippen LogP contribution is 2.46. The Balaban J connectivity index is 1.20. The van der Waals surface area contributed by atoms with Gasteiger partial charge in [-0.25, -0.2) is 13.6 Å². The fourth-order valence-electron chi connectivity index (χ4n) is 6.33. The van der Waals surface area contributed by atoms with Crippen molar-refractivity contribution in [2.45, 2.75) is 31.3 Å². The van der Waals surface area contributed by atoms with Crippen molar-refractivity contribution in [2.75, 3.05) is 13.7 Å². The largest absolute Gasteiger partial charge is 0.508 e. The lowest BCUT2D eigenvalue weighted by molar-refractivity contribution is -0.131. The predicted octanol–water partition coefficient (Wildman–Crippen LogP) is 6.10. The van der Waals surface area contributed by atoms with E-state index in [0.717, 1.165) is 25.1 Å². The summed E-state index contributed by atoms with van der Waals surface area (Å²) >= 11 is 0. The molecule has 2 aliphatic heterocycles. The molecule has 0 bridgehead atoms. The first-order valence-corrected chi connectivity index (χ1v) is 16.6. The summed E-state index contributed by atoms with van der Waals surface area (Å²) in [6.07, 6.45) is -5.15. The van der Waals surface area contributed by atoms with Crippen LogP contribution in [0.3, 0.4) is 0 Å². The van der Waals surface area contributed by atoms with Crippen LogP contribution in [-0.4, -0.2) is 64.1 Å². The maximum atomic E-state index is 14.7. The maximum absolute atomic E-state index is 14.7. The molecule has 4 N–H and O–H groups in total. The molecule has 55 heavy (non-hydrogen) atoms. The fraction of sp³-hybridized carbons (Fsp3) is 0.175. The number of hydrogen-bond acceptors (Lipinski definition) is 13. The van der Waals surface area contributed by atoms with Crippen molar-refractivity contribution in [1.82, 2.24) is 0 Å². The molecule has 4 atom stereocenters. The maximum Gasteiger partial charge on any atom is 0.342 e. The number of halogens is 2. The van der Waals surface area contributed by atoms with Crippen LogP contribution >= 0.6 is 0 Å². The molecule has 7 rings (SSSR count). The van der Waals surface area contributed by atoms with Gasteiger partial charge in [0.05, 0.1) is 7.11 Å². The molecule has 0 spiro atoms. The number of carbonyl (C=O) groups is 3. The number of ketones is 1. The minimum Gasteiger partial charge on any atom is -0.508 e. The molecule has 0 fully saturated rings. The van der Waals surface area contributed by atoms with Crippen molar-refractivity contribution < 1.29 is 72.0 Å². The van der Waals surface area contributed by atoms with Crippen LogP contribution in [0.1, 0.15) is 51.0 Å². The Morgan fingerprint density at radius 3 is 2.25 bits per heavy atom. The Morgan fingerprint density at radius 1 is 0.764 bits per heavy atom. The van der Waals surface area contributed by atoms with Gasteiger partial charge in [-0.05, 0) is 59.7 Å². The zero-order chi connectivity index (χ0) is 39.1.